The Labute approximate surface area is 235 Å². The fourth-order valence-electron chi connectivity index (χ4n) is 9.81. The van der Waals surface area contributed by atoms with E-state index in [4.69, 9.17) is 4.74 Å². The van der Waals surface area contributed by atoms with Gasteiger partial charge in [-0.25, -0.2) is 4.79 Å². The maximum atomic E-state index is 12.8. The molecule has 37 heavy (non-hydrogen) atoms. The van der Waals surface area contributed by atoms with Crippen LogP contribution in [0.1, 0.15) is 134 Å². The summed E-state index contributed by atoms with van der Waals surface area (Å²) in [6, 6.07) is 9.51. The number of carbonyl (C=O) groups is 1. The Morgan fingerprint density at radius 3 is 2.43 bits per heavy atom. The van der Waals surface area contributed by atoms with Crippen LogP contribution < -0.4 is 0 Å². The Morgan fingerprint density at radius 1 is 0.892 bits per heavy atom. The van der Waals surface area contributed by atoms with E-state index >= 15 is 0 Å². The number of alkyl halides is 1. The van der Waals surface area contributed by atoms with Gasteiger partial charge in [0.05, 0.1) is 5.56 Å². The first kappa shape index (κ1) is 27.7. The molecule has 0 aliphatic heterocycles. The molecule has 1 aromatic rings. The third-order valence-electron chi connectivity index (χ3n) is 12.1. The standard InChI is InChI=1S/C34H51BrO2/c1-4-5-6-7-8-12-15-26-16-17-29-28-19-23-34(35)24-27(37-31(36)25-13-10-9-11-14-25)18-22-33(34,3)30(28)20-21-32(26,29)2/h9-11,13-14,26-30H,4-8,12,15-24H2,1-3H3/t26?,27-,28?,29?,30?,32+,33+,34?/m0/s1. The number of hydrogen-bond donors (Lipinski definition) is 0. The highest BCUT2D eigenvalue weighted by Crippen LogP contribution is 2.70. The van der Waals surface area contributed by atoms with Crippen LogP contribution in [0.5, 0.6) is 0 Å². The Kier molecular flexibility index (Phi) is 8.50. The molecule has 3 heteroatoms. The normalized spacial score (nSPS) is 40.9. The highest BCUT2D eigenvalue weighted by molar-refractivity contribution is 9.10. The molecule has 5 rings (SSSR count). The highest BCUT2D eigenvalue weighted by atomic mass is 79.9. The molecule has 4 fully saturated rings. The third-order valence-corrected chi connectivity index (χ3v) is 13.7. The van der Waals surface area contributed by atoms with Crippen LogP contribution in [-0.2, 0) is 4.74 Å². The monoisotopic (exact) mass is 570 g/mol. The summed E-state index contributed by atoms with van der Waals surface area (Å²) in [6.45, 7) is 7.60. The number of ether oxygens (including phenoxy) is 1. The van der Waals surface area contributed by atoms with Crippen LogP contribution in [0.2, 0.25) is 0 Å². The maximum Gasteiger partial charge on any atom is 0.338 e. The molecule has 0 heterocycles. The Morgan fingerprint density at radius 2 is 1.65 bits per heavy atom. The van der Waals surface area contributed by atoms with E-state index in [1.165, 1.54) is 89.9 Å². The molecule has 0 saturated heterocycles. The largest absolute Gasteiger partial charge is 0.459 e. The third kappa shape index (κ3) is 5.21. The van der Waals surface area contributed by atoms with Crippen LogP contribution in [-0.4, -0.2) is 16.4 Å². The van der Waals surface area contributed by atoms with Gasteiger partial charge in [0.1, 0.15) is 6.10 Å². The molecule has 4 aliphatic rings. The molecule has 0 spiro atoms. The van der Waals surface area contributed by atoms with Crippen molar-refractivity contribution >= 4 is 21.9 Å². The first-order chi connectivity index (χ1) is 17.8. The minimum atomic E-state index is -0.158. The van der Waals surface area contributed by atoms with Crippen molar-refractivity contribution in [2.45, 2.75) is 134 Å². The predicted molar refractivity (Wildman–Crippen MR) is 157 cm³/mol. The van der Waals surface area contributed by atoms with Gasteiger partial charge in [-0.2, -0.15) is 0 Å². The van der Waals surface area contributed by atoms with Crippen molar-refractivity contribution in [3.05, 3.63) is 35.9 Å². The summed E-state index contributed by atoms with van der Waals surface area (Å²) < 4.78 is 6.17. The number of fused-ring (bicyclic) bond motifs is 5. The molecule has 0 N–H and O–H groups in total. The van der Waals surface area contributed by atoms with Crippen molar-refractivity contribution in [2.75, 3.05) is 0 Å². The average Bonchev–Trinajstić information content (AvgIpc) is 3.23. The number of hydrogen-bond acceptors (Lipinski definition) is 2. The zero-order valence-electron chi connectivity index (χ0n) is 23.8. The first-order valence-corrected chi connectivity index (χ1v) is 16.5. The molecule has 206 valence electrons. The van der Waals surface area contributed by atoms with Gasteiger partial charge in [-0.05, 0) is 104 Å². The van der Waals surface area contributed by atoms with E-state index in [1.807, 2.05) is 30.3 Å². The van der Waals surface area contributed by atoms with Crippen LogP contribution in [0.3, 0.4) is 0 Å². The van der Waals surface area contributed by atoms with Gasteiger partial charge in [0, 0.05) is 10.7 Å². The van der Waals surface area contributed by atoms with Gasteiger partial charge in [0.25, 0.3) is 0 Å². The average molecular weight is 572 g/mol. The van der Waals surface area contributed by atoms with Crippen molar-refractivity contribution in [3.8, 4) is 0 Å². The van der Waals surface area contributed by atoms with E-state index < -0.39 is 0 Å². The molecule has 4 saturated carbocycles. The number of carbonyl (C=O) groups excluding carboxylic acids is 1. The zero-order valence-corrected chi connectivity index (χ0v) is 25.4. The topological polar surface area (TPSA) is 26.3 Å². The van der Waals surface area contributed by atoms with Crippen molar-refractivity contribution < 1.29 is 9.53 Å². The van der Waals surface area contributed by atoms with Gasteiger partial charge >= 0.3 is 5.97 Å². The molecule has 5 unspecified atom stereocenters. The minimum absolute atomic E-state index is 0.0266. The lowest BCUT2D eigenvalue weighted by molar-refractivity contribution is -0.113. The molecule has 4 aliphatic carbocycles. The predicted octanol–water partition coefficient (Wildman–Crippen LogP) is 10.1. The van der Waals surface area contributed by atoms with Crippen molar-refractivity contribution in [3.63, 3.8) is 0 Å². The van der Waals surface area contributed by atoms with Gasteiger partial charge in [-0.1, -0.05) is 93.4 Å². The lowest BCUT2D eigenvalue weighted by Gasteiger charge is -2.64. The summed E-state index contributed by atoms with van der Waals surface area (Å²) in [5.41, 5.74) is 1.56. The van der Waals surface area contributed by atoms with E-state index in [2.05, 4.69) is 36.7 Å². The molecule has 0 radical (unpaired) electrons. The van der Waals surface area contributed by atoms with Crippen LogP contribution in [0, 0.1) is 34.5 Å². The number of benzene rings is 1. The summed E-state index contributed by atoms with van der Waals surface area (Å²) in [7, 11) is 0. The quantitative estimate of drug-likeness (QED) is 0.167. The van der Waals surface area contributed by atoms with Crippen molar-refractivity contribution in [1.82, 2.24) is 0 Å². The second kappa shape index (κ2) is 11.3. The second-order valence-electron chi connectivity index (χ2n) is 13.8. The molecule has 0 amide bonds. The Bertz CT molecular complexity index is 916. The van der Waals surface area contributed by atoms with Crippen LogP contribution >= 0.6 is 15.9 Å². The molecule has 1 aromatic carbocycles. The molecule has 0 bridgehead atoms. The zero-order chi connectivity index (χ0) is 26.1. The van der Waals surface area contributed by atoms with E-state index in [9.17, 15) is 4.79 Å². The lowest BCUT2D eigenvalue weighted by Crippen LogP contribution is -2.60. The molecular weight excluding hydrogens is 520 g/mol. The molecular formula is C34H51BrO2. The summed E-state index contributed by atoms with van der Waals surface area (Å²) >= 11 is 4.34. The smallest absolute Gasteiger partial charge is 0.338 e. The fraction of sp³-hybridized carbons (Fsp3) is 0.794. The minimum Gasteiger partial charge on any atom is -0.459 e. The lowest BCUT2D eigenvalue weighted by atomic mass is 9.44. The van der Waals surface area contributed by atoms with Crippen LogP contribution in [0.15, 0.2) is 30.3 Å². The fourth-order valence-corrected chi connectivity index (χ4v) is 10.9. The van der Waals surface area contributed by atoms with E-state index in [0.29, 0.717) is 16.4 Å². The first-order valence-electron chi connectivity index (χ1n) is 15.8. The maximum absolute atomic E-state index is 12.8. The van der Waals surface area contributed by atoms with E-state index in [0.717, 1.165) is 36.5 Å². The summed E-state index contributed by atoms with van der Waals surface area (Å²) in [4.78, 5) is 12.8. The number of rotatable bonds is 9. The highest BCUT2D eigenvalue weighted by Gasteiger charge is 2.64. The van der Waals surface area contributed by atoms with E-state index in [-0.39, 0.29) is 16.4 Å². The number of esters is 1. The Hall–Kier alpha value is -0.830. The summed E-state index contributed by atoms with van der Waals surface area (Å²) in [5.74, 6) is 3.44. The summed E-state index contributed by atoms with van der Waals surface area (Å²) in [5, 5.41) is 0. The van der Waals surface area contributed by atoms with Gasteiger partial charge in [-0.15, -0.1) is 0 Å². The van der Waals surface area contributed by atoms with Crippen LogP contribution in [0.25, 0.3) is 0 Å². The van der Waals surface area contributed by atoms with Crippen molar-refractivity contribution in [2.24, 2.45) is 34.5 Å². The SMILES string of the molecule is CCCCCCCCC1CCC2C3CCC4(Br)C[C@@H](OC(=O)c5ccccc5)CC[C@]4(C)C3CC[C@]12C. The number of unbranched alkanes of at least 4 members (excludes halogenated alkanes) is 5. The van der Waals surface area contributed by atoms with E-state index in [1.54, 1.807) is 0 Å². The molecule has 8 atom stereocenters. The summed E-state index contributed by atoms with van der Waals surface area (Å²) in [6.07, 6.45) is 21.6. The number of halogens is 1. The molecule has 2 nitrogen and oxygen atoms in total. The van der Waals surface area contributed by atoms with Gasteiger partial charge < -0.3 is 4.74 Å². The van der Waals surface area contributed by atoms with Gasteiger partial charge in [0.15, 0.2) is 0 Å². The van der Waals surface area contributed by atoms with Crippen LogP contribution in [0.4, 0.5) is 0 Å². The van der Waals surface area contributed by atoms with Crippen molar-refractivity contribution in [1.29, 1.82) is 0 Å². The Balaban J connectivity index is 1.21. The van der Waals surface area contributed by atoms with Gasteiger partial charge in [-0.3, -0.25) is 0 Å². The second-order valence-corrected chi connectivity index (χ2v) is 15.3. The van der Waals surface area contributed by atoms with Gasteiger partial charge in [0.2, 0.25) is 0 Å². The molecule has 0 aromatic heterocycles.